The molecule has 1 unspecified atom stereocenters. The summed E-state index contributed by atoms with van der Waals surface area (Å²) in [5.41, 5.74) is 3.78. The Morgan fingerprint density at radius 3 is 2.36 bits per heavy atom. The van der Waals surface area contributed by atoms with Crippen LogP contribution in [0.15, 0.2) is 60.2 Å². The van der Waals surface area contributed by atoms with E-state index in [0.29, 0.717) is 53.3 Å². The number of hydrogen-bond acceptors (Lipinski definition) is 8. The van der Waals surface area contributed by atoms with Crippen LogP contribution in [0.4, 0.5) is 5.13 Å². The molecule has 8 nitrogen and oxygen atoms in total. The molecule has 1 saturated heterocycles. The second-order valence-electron chi connectivity index (χ2n) is 10.0. The number of Topliss-reactive ketones (excluding diaryl/α,β-unsaturated/α-hetero) is 1. The van der Waals surface area contributed by atoms with E-state index in [4.69, 9.17) is 19.2 Å². The average molecular weight is 587 g/mol. The van der Waals surface area contributed by atoms with E-state index in [2.05, 4.69) is 0 Å². The molecule has 0 aliphatic carbocycles. The number of hydrogen-bond donors (Lipinski definition) is 1. The van der Waals surface area contributed by atoms with Gasteiger partial charge in [-0.3, -0.25) is 14.5 Å². The predicted molar refractivity (Wildman–Crippen MR) is 165 cm³/mol. The third-order valence-electron chi connectivity index (χ3n) is 6.95. The van der Waals surface area contributed by atoms with E-state index < -0.39 is 17.7 Å². The SMILES string of the molecule is CCCOc1ccc(C2C(=C(O)c3ccc(OCC)cc3)C(=O)C(=O)N2c2nc3c(C)cc(C)cc3s2)cc1OCC. The molecule has 3 aromatic carbocycles. The van der Waals surface area contributed by atoms with Gasteiger partial charge in [0.2, 0.25) is 0 Å². The maximum absolute atomic E-state index is 13.7. The first-order chi connectivity index (χ1) is 20.3. The summed E-state index contributed by atoms with van der Waals surface area (Å²) in [5.74, 6) is -0.132. The summed E-state index contributed by atoms with van der Waals surface area (Å²) >= 11 is 1.34. The van der Waals surface area contributed by atoms with Crippen molar-refractivity contribution in [1.29, 1.82) is 0 Å². The topological polar surface area (TPSA) is 98.2 Å². The quantitative estimate of drug-likeness (QED) is 0.120. The fraction of sp³-hybridized carbons (Fsp3) is 0.303. The van der Waals surface area contributed by atoms with Crippen molar-refractivity contribution >= 4 is 44.1 Å². The molecular formula is C33H34N2O6S. The zero-order valence-electron chi connectivity index (χ0n) is 24.4. The lowest BCUT2D eigenvalue weighted by Gasteiger charge is -2.24. The zero-order chi connectivity index (χ0) is 30.0. The highest BCUT2D eigenvalue weighted by Gasteiger charge is 2.48. The van der Waals surface area contributed by atoms with E-state index in [9.17, 15) is 14.7 Å². The number of amides is 1. The van der Waals surface area contributed by atoms with Crippen LogP contribution in [-0.2, 0) is 9.59 Å². The molecule has 0 bridgehead atoms. The molecule has 1 atom stereocenters. The van der Waals surface area contributed by atoms with Gasteiger partial charge in [0.1, 0.15) is 11.5 Å². The summed E-state index contributed by atoms with van der Waals surface area (Å²) in [6.07, 6.45) is 0.825. The van der Waals surface area contributed by atoms with Gasteiger partial charge in [-0.15, -0.1) is 0 Å². The van der Waals surface area contributed by atoms with Gasteiger partial charge in [-0.1, -0.05) is 30.4 Å². The molecule has 2 heterocycles. The number of ketones is 1. The minimum absolute atomic E-state index is 0.0269. The number of aromatic nitrogens is 1. The molecule has 1 aliphatic heterocycles. The molecule has 218 valence electrons. The van der Waals surface area contributed by atoms with Gasteiger partial charge in [0.15, 0.2) is 16.6 Å². The molecule has 1 aliphatic rings. The lowest BCUT2D eigenvalue weighted by atomic mass is 9.95. The number of carbonyl (C=O) groups excluding carboxylic acids is 2. The second kappa shape index (κ2) is 12.2. The highest BCUT2D eigenvalue weighted by molar-refractivity contribution is 7.22. The molecule has 0 spiro atoms. The number of aryl methyl sites for hydroxylation is 2. The molecule has 42 heavy (non-hydrogen) atoms. The predicted octanol–water partition coefficient (Wildman–Crippen LogP) is 7.13. The number of rotatable bonds is 10. The number of fused-ring (bicyclic) bond motifs is 1. The Labute approximate surface area is 249 Å². The number of benzene rings is 3. The van der Waals surface area contributed by atoms with Crippen molar-refractivity contribution in [2.24, 2.45) is 0 Å². The smallest absolute Gasteiger partial charge is 0.301 e. The normalized spacial score (nSPS) is 16.3. The third kappa shape index (κ3) is 5.44. The van der Waals surface area contributed by atoms with Crippen molar-refractivity contribution < 1.29 is 28.9 Å². The lowest BCUT2D eigenvalue weighted by molar-refractivity contribution is -0.132. The first-order valence-electron chi connectivity index (χ1n) is 14.1. The third-order valence-corrected chi connectivity index (χ3v) is 7.95. The minimum atomic E-state index is -0.946. The lowest BCUT2D eigenvalue weighted by Crippen LogP contribution is -2.29. The monoisotopic (exact) mass is 586 g/mol. The second-order valence-corrected chi connectivity index (χ2v) is 11.0. The standard InChI is InChI=1S/C33H34N2O6S/c1-6-15-41-24-14-11-22(18-25(24)40-8-3)29-27(30(36)21-9-12-23(13-10-21)39-7-2)31(37)32(38)35(29)33-34-28-20(5)16-19(4)17-26(28)42-33/h9-14,16-18,29,36H,6-8,15H2,1-5H3. The van der Waals surface area contributed by atoms with E-state index in [1.54, 1.807) is 42.5 Å². The molecule has 0 saturated carbocycles. The van der Waals surface area contributed by atoms with Gasteiger partial charge in [-0.25, -0.2) is 4.98 Å². The van der Waals surface area contributed by atoms with Gasteiger partial charge < -0.3 is 19.3 Å². The van der Waals surface area contributed by atoms with Crippen molar-refractivity contribution in [3.05, 3.63) is 82.4 Å². The number of aliphatic hydroxyl groups excluding tert-OH is 1. The number of anilines is 1. The first-order valence-corrected chi connectivity index (χ1v) is 14.9. The van der Waals surface area contributed by atoms with E-state index in [1.165, 1.54) is 16.2 Å². The summed E-state index contributed by atoms with van der Waals surface area (Å²) in [4.78, 5) is 33.6. The number of nitrogens with zero attached hydrogens (tertiary/aromatic N) is 2. The highest BCUT2D eigenvalue weighted by atomic mass is 32.1. The van der Waals surface area contributed by atoms with Gasteiger partial charge in [0.05, 0.1) is 41.7 Å². The van der Waals surface area contributed by atoms with Crippen LogP contribution in [0.2, 0.25) is 0 Å². The largest absolute Gasteiger partial charge is 0.507 e. The van der Waals surface area contributed by atoms with E-state index >= 15 is 0 Å². The fourth-order valence-electron chi connectivity index (χ4n) is 5.13. The maximum Gasteiger partial charge on any atom is 0.301 e. The van der Waals surface area contributed by atoms with Gasteiger partial charge >= 0.3 is 5.91 Å². The van der Waals surface area contributed by atoms with Gasteiger partial charge in [-0.05, 0) is 93.3 Å². The van der Waals surface area contributed by atoms with E-state index in [0.717, 1.165) is 27.8 Å². The summed E-state index contributed by atoms with van der Waals surface area (Å²) in [6, 6.07) is 15.2. The maximum atomic E-state index is 13.7. The molecule has 1 N–H and O–H groups in total. The van der Waals surface area contributed by atoms with E-state index in [-0.39, 0.29) is 11.3 Å². The van der Waals surface area contributed by atoms with Crippen LogP contribution in [0.3, 0.4) is 0 Å². The number of carbonyl (C=O) groups is 2. The summed E-state index contributed by atoms with van der Waals surface area (Å²) < 4.78 is 18.2. The fourth-order valence-corrected chi connectivity index (χ4v) is 6.30. The summed E-state index contributed by atoms with van der Waals surface area (Å²) in [6.45, 7) is 11.2. The van der Waals surface area contributed by atoms with Crippen LogP contribution in [0.5, 0.6) is 17.2 Å². The van der Waals surface area contributed by atoms with Crippen LogP contribution >= 0.6 is 11.3 Å². The molecule has 0 radical (unpaired) electrons. The van der Waals surface area contributed by atoms with Gasteiger partial charge in [0, 0.05) is 5.56 Å². The molecule has 4 aromatic rings. The highest BCUT2D eigenvalue weighted by Crippen LogP contribution is 2.46. The van der Waals surface area contributed by atoms with Crippen molar-refractivity contribution in [1.82, 2.24) is 4.98 Å². The molecular weight excluding hydrogens is 552 g/mol. The zero-order valence-corrected chi connectivity index (χ0v) is 25.2. The Kier molecular flexibility index (Phi) is 8.49. The van der Waals surface area contributed by atoms with Crippen molar-refractivity contribution in [3.8, 4) is 17.2 Å². The Bertz CT molecular complexity index is 1670. The van der Waals surface area contributed by atoms with Crippen LogP contribution in [0.1, 0.15) is 55.5 Å². The minimum Gasteiger partial charge on any atom is -0.507 e. The number of aliphatic hydroxyl groups is 1. The van der Waals surface area contributed by atoms with Gasteiger partial charge in [0.25, 0.3) is 5.78 Å². The Balaban J connectivity index is 1.71. The van der Waals surface area contributed by atoms with Gasteiger partial charge in [-0.2, -0.15) is 0 Å². The van der Waals surface area contributed by atoms with Crippen molar-refractivity contribution in [3.63, 3.8) is 0 Å². The average Bonchev–Trinajstić information content (AvgIpc) is 3.51. The van der Waals surface area contributed by atoms with Crippen molar-refractivity contribution in [2.45, 2.75) is 47.1 Å². The first kappa shape index (κ1) is 29.1. The Morgan fingerprint density at radius 1 is 0.929 bits per heavy atom. The van der Waals surface area contributed by atoms with Crippen molar-refractivity contribution in [2.75, 3.05) is 24.7 Å². The summed E-state index contributed by atoms with van der Waals surface area (Å²) in [5, 5.41) is 11.9. The van der Waals surface area contributed by atoms with E-state index in [1.807, 2.05) is 46.8 Å². The Morgan fingerprint density at radius 2 is 1.67 bits per heavy atom. The molecule has 1 fully saturated rings. The van der Waals surface area contributed by atoms with Crippen LogP contribution in [0, 0.1) is 13.8 Å². The van der Waals surface area contributed by atoms with Crippen LogP contribution < -0.4 is 19.1 Å². The van der Waals surface area contributed by atoms with Crippen LogP contribution in [0.25, 0.3) is 16.0 Å². The molecule has 9 heteroatoms. The summed E-state index contributed by atoms with van der Waals surface area (Å²) in [7, 11) is 0. The Hall–Kier alpha value is -4.37. The molecule has 1 aromatic heterocycles. The molecule has 5 rings (SSSR count). The van der Waals surface area contributed by atoms with Crippen LogP contribution in [-0.4, -0.2) is 41.6 Å². The number of ether oxygens (including phenoxy) is 3. The number of thiazole rings is 1. The molecule has 1 amide bonds.